The van der Waals surface area contributed by atoms with Crippen LogP contribution in [-0.2, 0) is 4.79 Å². The lowest BCUT2D eigenvalue weighted by molar-refractivity contribution is -0.116. The summed E-state index contributed by atoms with van der Waals surface area (Å²) in [6.45, 7) is 0.706. The smallest absolute Gasteiger partial charge is 0.243 e. The molecular weight excluding hydrogens is 278 g/mol. The van der Waals surface area contributed by atoms with Crippen molar-refractivity contribution in [3.8, 4) is 0 Å². The van der Waals surface area contributed by atoms with Gasteiger partial charge in [0.25, 0.3) is 0 Å². The highest BCUT2D eigenvalue weighted by Crippen LogP contribution is 2.17. The van der Waals surface area contributed by atoms with Crippen molar-refractivity contribution >= 4 is 23.7 Å². The van der Waals surface area contributed by atoms with Crippen LogP contribution in [0.25, 0.3) is 6.08 Å². The van der Waals surface area contributed by atoms with Crippen molar-refractivity contribution in [1.29, 1.82) is 0 Å². The van der Waals surface area contributed by atoms with Crippen LogP contribution in [0.15, 0.2) is 71.6 Å². The molecular formula is C18H19NOS. The number of nitrogens with one attached hydrogen (secondary N) is 1. The number of rotatable bonds is 7. The highest BCUT2D eigenvalue weighted by Gasteiger charge is 1.96. The molecule has 21 heavy (non-hydrogen) atoms. The Morgan fingerprint density at radius 2 is 1.67 bits per heavy atom. The molecule has 0 aliphatic rings. The lowest BCUT2D eigenvalue weighted by Gasteiger charge is -2.03. The molecule has 0 unspecified atom stereocenters. The summed E-state index contributed by atoms with van der Waals surface area (Å²) in [6.07, 6.45) is 4.37. The summed E-state index contributed by atoms with van der Waals surface area (Å²) in [5.41, 5.74) is 1.03. The Morgan fingerprint density at radius 3 is 2.38 bits per heavy atom. The average molecular weight is 297 g/mol. The first kappa shape index (κ1) is 15.4. The Balaban J connectivity index is 1.60. The third-order valence-electron chi connectivity index (χ3n) is 2.86. The molecule has 0 saturated heterocycles. The third-order valence-corrected chi connectivity index (χ3v) is 3.96. The summed E-state index contributed by atoms with van der Waals surface area (Å²) in [7, 11) is 0. The molecule has 0 aliphatic carbocycles. The van der Waals surface area contributed by atoms with Gasteiger partial charge in [-0.2, -0.15) is 0 Å². The number of carbonyl (C=O) groups is 1. The van der Waals surface area contributed by atoms with E-state index in [2.05, 4.69) is 17.4 Å². The van der Waals surface area contributed by atoms with Gasteiger partial charge in [-0.05, 0) is 35.9 Å². The Bertz CT molecular complexity index is 566. The van der Waals surface area contributed by atoms with E-state index in [0.717, 1.165) is 17.7 Å². The van der Waals surface area contributed by atoms with Gasteiger partial charge in [-0.3, -0.25) is 4.79 Å². The highest BCUT2D eigenvalue weighted by molar-refractivity contribution is 7.99. The second-order valence-corrected chi connectivity index (χ2v) is 5.72. The Hall–Kier alpha value is -2.00. The van der Waals surface area contributed by atoms with E-state index in [1.54, 1.807) is 6.08 Å². The maximum Gasteiger partial charge on any atom is 0.243 e. The Kier molecular flexibility index (Phi) is 6.62. The summed E-state index contributed by atoms with van der Waals surface area (Å²) in [5, 5.41) is 2.90. The van der Waals surface area contributed by atoms with E-state index in [9.17, 15) is 4.79 Å². The van der Waals surface area contributed by atoms with Gasteiger partial charge in [0.05, 0.1) is 0 Å². The quantitative estimate of drug-likeness (QED) is 0.475. The molecule has 0 bridgehead atoms. The minimum atomic E-state index is -0.0384. The zero-order valence-electron chi connectivity index (χ0n) is 11.9. The molecule has 2 rings (SSSR count). The largest absolute Gasteiger partial charge is 0.353 e. The SMILES string of the molecule is O=C(/C=C/c1ccccc1)NCCCSc1ccccc1. The van der Waals surface area contributed by atoms with E-state index in [-0.39, 0.29) is 5.91 Å². The number of amides is 1. The highest BCUT2D eigenvalue weighted by atomic mass is 32.2. The van der Waals surface area contributed by atoms with Crippen LogP contribution in [0.4, 0.5) is 0 Å². The van der Waals surface area contributed by atoms with Crippen molar-refractivity contribution in [2.75, 3.05) is 12.3 Å². The van der Waals surface area contributed by atoms with Gasteiger partial charge in [-0.1, -0.05) is 48.5 Å². The summed E-state index contributed by atoms with van der Waals surface area (Å²) in [6, 6.07) is 20.1. The maximum atomic E-state index is 11.6. The molecule has 0 heterocycles. The van der Waals surface area contributed by atoms with Gasteiger partial charge in [-0.25, -0.2) is 0 Å². The number of hydrogen-bond donors (Lipinski definition) is 1. The van der Waals surface area contributed by atoms with E-state index in [0.29, 0.717) is 6.54 Å². The Morgan fingerprint density at radius 1 is 1.00 bits per heavy atom. The van der Waals surface area contributed by atoms with E-state index in [1.165, 1.54) is 4.90 Å². The van der Waals surface area contributed by atoms with Gasteiger partial charge in [0.15, 0.2) is 0 Å². The van der Waals surface area contributed by atoms with Crippen molar-refractivity contribution in [2.24, 2.45) is 0 Å². The minimum absolute atomic E-state index is 0.0384. The van der Waals surface area contributed by atoms with Crippen LogP contribution in [0, 0.1) is 0 Å². The van der Waals surface area contributed by atoms with Crippen LogP contribution in [0.3, 0.4) is 0 Å². The third kappa shape index (κ3) is 6.32. The molecule has 2 aromatic carbocycles. The minimum Gasteiger partial charge on any atom is -0.353 e. The molecule has 1 amide bonds. The molecule has 0 aromatic heterocycles. The van der Waals surface area contributed by atoms with Gasteiger partial charge in [-0.15, -0.1) is 11.8 Å². The molecule has 0 atom stereocenters. The maximum absolute atomic E-state index is 11.6. The number of benzene rings is 2. The predicted octanol–water partition coefficient (Wildman–Crippen LogP) is 4.00. The Labute approximate surface area is 130 Å². The second-order valence-electron chi connectivity index (χ2n) is 4.55. The van der Waals surface area contributed by atoms with Crippen molar-refractivity contribution in [1.82, 2.24) is 5.32 Å². The monoisotopic (exact) mass is 297 g/mol. The van der Waals surface area contributed by atoms with Gasteiger partial charge >= 0.3 is 0 Å². The number of thioether (sulfide) groups is 1. The molecule has 3 heteroatoms. The number of carbonyl (C=O) groups excluding carboxylic acids is 1. The lowest BCUT2D eigenvalue weighted by Crippen LogP contribution is -2.22. The average Bonchev–Trinajstić information content (AvgIpc) is 2.54. The molecule has 0 radical (unpaired) electrons. The van der Waals surface area contributed by atoms with E-state index < -0.39 is 0 Å². The van der Waals surface area contributed by atoms with Gasteiger partial charge in [0.2, 0.25) is 5.91 Å². The topological polar surface area (TPSA) is 29.1 Å². The molecule has 0 saturated carbocycles. The van der Waals surface area contributed by atoms with Gasteiger partial charge < -0.3 is 5.32 Å². The first-order valence-corrected chi connectivity index (χ1v) is 8.02. The van der Waals surface area contributed by atoms with Crippen LogP contribution in [0.5, 0.6) is 0 Å². The van der Waals surface area contributed by atoms with Crippen LogP contribution < -0.4 is 5.32 Å². The van der Waals surface area contributed by atoms with Crippen LogP contribution in [-0.4, -0.2) is 18.2 Å². The first-order valence-electron chi connectivity index (χ1n) is 7.03. The normalized spacial score (nSPS) is 10.7. The fourth-order valence-electron chi connectivity index (χ4n) is 1.79. The standard InChI is InChI=1S/C18H19NOS/c20-18(13-12-16-8-3-1-4-9-16)19-14-7-15-21-17-10-5-2-6-11-17/h1-6,8-13H,7,14-15H2,(H,19,20)/b13-12+. The molecule has 2 aromatic rings. The molecule has 0 spiro atoms. The summed E-state index contributed by atoms with van der Waals surface area (Å²) in [4.78, 5) is 12.9. The van der Waals surface area contributed by atoms with Crippen molar-refractivity contribution in [2.45, 2.75) is 11.3 Å². The van der Waals surface area contributed by atoms with Crippen LogP contribution >= 0.6 is 11.8 Å². The van der Waals surface area contributed by atoms with E-state index >= 15 is 0 Å². The second kappa shape index (κ2) is 9.03. The molecule has 0 aliphatic heterocycles. The lowest BCUT2D eigenvalue weighted by atomic mass is 10.2. The summed E-state index contributed by atoms with van der Waals surface area (Å²) in [5.74, 6) is 0.968. The predicted molar refractivity (Wildman–Crippen MR) is 90.3 cm³/mol. The first-order chi connectivity index (χ1) is 10.3. The number of hydrogen-bond acceptors (Lipinski definition) is 2. The summed E-state index contributed by atoms with van der Waals surface area (Å²) < 4.78 is 0. The molecule has 108 valence electrons. The fourth-order valence-corrected chi connectivity index (χ4v) is 2.66. The fraction of sp³-hybridized carbons (Fsp3) is 0.167. The zero-order chi connectivity index (χ0) is 14.8. The van der Waals surface area contributed by atoms with Crippen molar-refractivity contribution in [3.05, 3.63) is 72.3 Å². The van der Waals surface area contributed by atoms with Crippen LogP contribution in [0.2, 0.25) is 0 Å². The van der Waals surface area contributed by atoms with Crippen molar-refractivity contribution in [3.63, 3.8) is 0 Å². The van der Waals surface area contributed by atoms with Gasteiger partial charge in [0.1, 0.15) is 0 Å². The zero-order valence-corrected chi connectivity index (χ0v) is 12.7. The molecule has 1 N–H and O–H groups in total. The van der Waals surface area contributed by atoms with E-state index in [4.69, 9.17) is 0 Å². The van der Waals surface area contributed by atoms with Gasteiger partial charge in [0, 0.05) is 17.5 Å². The van der Waals surface area contributed by atoms with E-state index in [1.807, 2.05) is 66.4 Å². The molecule has 2 nitrogen and oxygen atoms in total. The molecule has 0 fully saturated rings. The summed E-state index contributed by atoms with van der Waals surface area (Å²) >= 11 is 1.81. The van der Waals surface area contributed by atoms with Crippen molar-refractivity contribution < 1.29 is 4.79 Å². The van der Waals surface area contributed by atoms with Crippen LogP contribution in [0.1, 0.15) is 12.0 Å².